The van der Waals surface area contributed by atoms with Gasteiger partial charge in [-0.05, 0) is 24.6 Å². The number of alkyl halides is 3. The van der Waals surface area contributed by atoms with E-state index >= 15 is 0 Å². The highest BCUT2D eigenvalue weighted by atomic mass is 32.1. The van der Waals surface area contributed by atoms with Crippen LogP contribution in [0.5, 0.6) is 0 Å². The minimum Gasteiger partial charge on any atom is -0.389 e. The van der Waals surface area contributed by atoms with Gasteiger partial charge in [-0.15, -0.1) is 0 Å². The van der Waals surface area contributed by atoms with Crippen LogP contribution in [-0.4, -0.2) is 48.8 Å². The monoisotopic (exact) mass is 317 g/mol. The van der Waals surface area contributed by atoms with Crippen LogP contribution in [-0.2, 0) is 0 Å². The van der Waals surface area contributed by atoms with Crippen molar-refractivity contribution >= 4 is 22.9 Å². The summed E-state index contributed by atoms with van der Waals surface area (Å²) in [4.78, 5) is 3.78. The van der Waals surface area contributed by atoms with Crippen LogP contribution < -0.4 is 10.6 Å². The van der Waals surface area contributed by atoms with Crippen LogP contribution in [0.2, 0.25) is 0 Å². The molecule has 1 aromatic carbocycles. The zero-order valence-electron chi connectivity index (χ0n) is 11.8. The maximum atomic E-state index is 12.4. The van der Waals surface area contributed by atoms with Gasteiger partial charge in [0.1, 0.15) is 4.99 Å². The molecule has 1 aliphatic rings. The third-order valence-corrected chi connectivity index (χ3v) is 3.75. The van der Waals surface area contributed by atoms with Crippen molar-refractivity contribution in [3.63, 3.8) is 0 Å². The van der Waals surface area contributed by atoms with Crippen molar-refractivity contribution in [2.24, 2.45) is 5.73 Å². The number of rotatable bonds is 3. The Morgan fingerprint density at radius 3 is 2.38 bits per heavy atom. The van der Waals surface area contributed by atoms with E-state index in [1.807, 2.05) is 30.0 Å². The van der Waals surface area contributed by atoms with Gasteiger partial charge in [-0.3, -0.25) is 4.90 Å². The lowest BCUT2D eigenvalue weighted by atomic mass is 10.1. The second-order valence-corrected chi connectivity index (χ2v) is 5.70. The van der Waals surface area contributed by atoms with E-state index in [1.54, 1.807) is 0 Å². The number of piperazine rings is 1. The SMILES string of the molecule is Cc1ccc(C(N)=S)c(N2CCN(CC(F)(F)F)CC2)c1. The summed E-state index contributed by atoms with van der Waals surface area (Å²) in [5.41, 5.74) is 8.49. The van der Waals surface area contributed by atoms with E-state index in [0.717, 1.165) is 16.8 Å². The molecule has 1 aromatic rings. The first kappa shape index (κ1) is 16.0. The van der Waals surface area contributed by atoms with Crippen molar-refractivity contribution in [1.29, 1.82) is 0 Å². The number of hydrogen-bond acceptors (Lipinski definition) is 3. The Morgan fingerprint density at radius 2 is 1.86 bits per heavy atom. The zero-order valence-corrected chi connectivity index (χ0v) is 12.6. The largest absolute Gasteiger partial charge is 0.401 e. The molecule has 116 valence electrons. The lowest BCUT2D eigenvalue weighted by molar-refractivity contribution is -0.146. The number of anilines is 1. The maximum Gasteiger partial charge on any atom is 0.401 e. The van der Waals surface area contributed by atoms with Crippen LogP contribution in [0, 0.1) is 6.92 Å². The predicted molar refractivity (Wildman–Crippen MR) is 81.8 cm³/mol. The average Bonchev–Trinajstić information content (AvgIpc) is 2.37. The first-order valence-corrected chi connectivity index (χ1v) is 7.11. The number of thiocarbonyl (C=S) groups is 1. The molecule has 0 amide bonds. The van der Waals surface area contributed by atoms with Gasteiger partial charge in [0.2, 0.25) is 0 Å². The Morgan fingerprint density at radius 1 is 1.24 bits per heavy atom. The third kappa shape index (κ3) is 4.31. The summed E-state index contributed by atoms with van der Waals surface area (Å²) in [6.07, 6.45) is -4.14. The van der Waals surface area contributed by atoms with Gasteiger partial charge in [0, 0.05) is 37.4 Å². The highest BCUT2D eigenvalue weighted by Gasteiger charge is 2.32. The summed E-state index contributed by atoms with van der Waals surface area (Å²) >= 11 is 5.05. The van der Waals surface area contributed by atoms with Crippen molar-refractivity contribution in [3.05, 3.63) is 29.3 Å². The molecule has 2 rings (SSSR count). The lowest BCUT2D eigenvalue weighted by Crippen LogP contribution is -2.49. The van der Waals surface area contributed by atoms with E-state index in [1.165, 1.54) is 4.90 Å². The molecule has 0 atom stereocenters. The molecule has 2 N–H and O–H groups in total. The van der Waals surface area contributed by atoms with Crippen LogP contribution in [0.1, 0.15) is 11.1 Å². The Kier molecular flexibility index (Phi) is 4.73. The Hall–Kier alpha value is -1.34. The minimum absolute atomic E-state index is 0.308. The Labute approximate surface area is 127 Å². The number of benzene rings is 1. The molecule has 0 radical (unpaired) electrons. The van der Waals surface area contributed by atoms with Crippen LogP contribution in [0.3, 0.4) is 0 Å². The fourth-order valence-electron chi connectivity index (χ4n) is 2.51. The summed E-state index contributed by atoms with van der Waals surface area (Å²) in [6.45, 7) is 2.95. The first-order valence-electron chi connectivity index (χ1n) is 6.71. The van der Waals surface area contributed by atoms with Gasteiger partial charge in [0.25, 0.3) is 0 Å². The summed E-state index contributed by atoms with van der Waals surface area (Å²) in [5.74, 6) is 0. The van der Waals surface area contributed by atoms with Crippen molar-refractivity contribution in [3.8, 4) is 0 Å². The molecule has 0 aromatic heterocycles. The van der Waals surface area contributed by atoms with Crippen LogP contribution in [0.25, 0.3) is 0 Å². The lowest BCUT2D eigenvalue weighted by Gasteiger charge is -2.37. The summed E-state index contributed by atoms with van der Waals surface area (Å²) in [7, 11) is 0. The molecule has 1 saturated heterocycles. The second-order valence-electron chi connectivity index (χ2n) is 5.26. The van der Waals surface area contributed by atoms with Gasteiger partial charge in [-0.25, -0.2) is 0 Å². The molecular weight excluding hydrogens is 299 g/mol. The van der Waals surface area contributed by atoms with Gasteiger partial charge in [0.15, 0.2) is 0 Å². The van der Waals surface area contributed by atoms with Crippen LogP contribution >= 0.6 is 12.2 Å². The quantitative estimate of drug-likeness (QED) is 0.867. The van der Waals surface area contributed by atoms with Crippen LogP contribution in [0.15, 0.2) is 18.2 Å². The van der Waals surface area contributed by atoms with Crippen molar-refractivity contribution in [2.75, 3.05) is 37.6 Å². The molecule has 0 unspecified atom stereocenters. The van der Waals surface area contributed by atoms with E-state index in [4.69, 9.17) is 18.0 Å². The average molecular weight is 317 g/mol. The molecule has 1 fully saturated rings. The van der Waals surface area contributed by atoms with E-state index in [-0.39, 0.29) is 0 Å². The van der Waals surface area contributed by atoms with Crippen molar-refractivity contribution in [2.45, 2.75) is 13.1 Å². The standard InChI is InChI=1S/C14H18F3N3S/c1-10-2-3-11(13(18)21)12(8-10)20-6-4-19(5-7-20)9-14(15,16)17/h2-3,8H,4-7,9H2,1H3,(H2,18,21). The number of halogens is 3. The number of hydrogen-bond donors (Lipinski definition) is 1. The van der Waals surface area contributed by atoms with Gasteiger partial charge >= 0.3 is 6.18 Å². The molecule has 1 aliphatic heterocycles. The van der Waals surface area contributed by atoms with Gasteiger partial charge in [0.05, 0.1) is 6.54 Å². The molecule has 21 heavy (non-hydrogen) atoms. The fourth-order valence-corrected chi connectivity index (χ4v) is 2.68. The first-order chi connectivity index (χ1) is 9.76. The molecular formula is C14H18F3N3S. The van der Waals surface area contributed by atoms with Crippen molar-refractivity contribution < 1.29 is 13.2 Å². The van der Waals surface area contributed by atoms with E-state index in [0.29, 0.717) is 31.2 Å². The molecule has 1 heterocycles. The van der Waals surface area contributed by atoms with Gasteiger partial charge in [-0.2, -0.15) is 13.2 Å². The smallest absolute Gasteiger partial charge is 0.389 e. The summed E-state index contributed by atoms with van der Waals surface area (Å²) in [6, 6.07) is 5.78. The predicted octanol–water partition coefficient (Wildman–Crippen LogP) is 2.31. The van der Waals surface area contributed by atoms with E-state index in [2.05, 4.69) is 0 Å². The fraction of sp³-hybridized carbons (Fsp3) is 0.500. The molecule has 0 spiro atoms. The molecule has 7 heteroatoms. The molecule has 0 bridgehead atoms. The summed E-state index contributed by atoms with van der Waals surface area (Å²) < 4.78 is 37.2. The highest BCUT2D eigenvalue weighted by molar-refractivity contribution is 7.80. The van der Waals surface area contributed by atoms with Gasteiger partial charge < -0.3 is 10.6 Å². The third-order valence-electron chi connectivity index (χ3n) is 3.53. The molecule has 3 nitrogen and oxygen atoms in total. The summed E-state index contributed by atoms with van der Waals surface area (Å²) in [5, 5.41) is 0. The topological polar surface area (TPSA) is 32.5 Å². The van der Waals surface area contributed by atoms with E-state index in [9.17, 15) is 13.2 Å². The normalized spacial score (nSPS) is 17.0. The minimum atomic E-state index is -4.14. The number of nitrogens with zero attached hydrogens (tertiary/aromatic N) is 2. The molecule has 0 saturated carbocycles. The highest BCUT2D eigenvalue weighted by Crippen LogP contribution is 2.25. The van der Waals surface area contributed by atoms with Gasteiger partial charge in [-0.1, -0.05) is 18.3 Å². The van der Waals surface area contributed by atoms with Crippen molar-refractivity contribution in [1.82, 2.24) is 4.90 Å². The number of nitrogens with two attached hydrogens (primary N) is 1. The zero-order chi connectivity index (χ0) is 15.6. The van der Waals surface area contributed by atoms with E-state index < -0.39 is 12.7 Å². The maximum absolute atomic E-state index is 12.4. The number of aryl methyl sites for hydroxylation is 1. The van der Waals surface area contributed by atoms with Crippen LogP contribution in [0.4, 0.5) is 18.9 Å². The second kappa shape index (κ2) is 6.19. The Bertz CT molecular complexity index is 523. The Balaban J connectivity index is 2.09. The molecule has 0 aliphatic carbocycles.